The topological polar surface area (TPSA) is 67.4 Å². The summed E-state index contributed by atoms with van der Waals surface area (Å²) in [6.45, 7) is 5.51. The molecule has 0 aromatic heterocycles. The lowest BCUT2D eigenvalue weighted by molar-refractivity contribution is 0.129. The first-order valence-electron chi connectivity index (χ1n) is 6.90. The SMILES string of the molecule is CCNCCCCS(=O)(=O)NCCOCC1CC1. The van der Waals surface area contributed by atoms with Crippen LogP contribution in [0.3, 0.4) is 0 Å². The van der Waals surface area contributed by atoms with Crippen molar-refractivity contribution in [1.82, 2.24) is 10.0 Å². The van der Waals surface area contributed by atoms with Crippen molar-refractivity contribution < 1.29 is 13.2 Å². The minimum absolute atomic E-state index is 0.209. The van der Waals surface area contributed by atoms with Crippen LogP contribution in [0.15, 0.2) is 0 Å². The zero-order chi connectivity index (χ0) is 13.3. The highest BCUT2D eigenvalue weighted by Gasteiger charge is 2.20. The Morgan fingerprint density at radius 2 is 2.00 bits per heavy atom. The Labute approximate surface area is 111 Å². The van der Waals surface area contributed by atoms with Gasteiger partial charge in [-0.3, -0.25) is 0 Å². The van der Waals surface area contributed by atoms with Gasteiger partial charge in [-0.2, -0.15) is 0 Å². The Kier molecular flexibility index (Phi) is 7.81. The smallest absolute Gasteiger partial charge is 0.211 e. The molecule has 0 radical (unpaired) electrons. The largest absolute Gasteiger partial charge is 0.380 e. The van der Waals surface area contributed by atoms with Gasteiger partial charge >= 0.3 is 0 Å². The number of hydrogen-bond donors (Lipinski definition) is 2. The number of nitrogens with one attached hydrogen (secondary N) is 2. The van der Waals surface area contributed by atoms with Gasteiger partial charge in [0.15, 0.2) is 0 Å². The molecule has 0 aromatic carbocycles. The van der Waals surface area contributed by atoms with Gasteiger partial charge in [-0.1, -0.05) is 6.92 Å². The Hall–Kier alpha value is -0.170. The molecule has 0 atom stereocenters. The molecule has 0 heterocycles. The summed E-state index contributed by atoms with van der Waals surface area (Å²) < 4.78 is 31.1. The maximum Gasteiger partial charge on any atom is 0.211 e. The Morgan fingerprint density at radius 3 is 2.67 bits per heavy atom. The summed E-state index contributed by atoms with van der Waals surface area (Å²) in [5.74, 6) is 0.939. The molecule has 1 aliphatic carbocycles. The van der Waals surface area contributed by atoms with Crippen LogP contribution in [0.4, 0.5) is 0 Å². The molecule has 0 spiro atoms. The van der Waals surface area contributed by atoms with E-state index in [1.54, 1.807) is 0 Å². The normalized spacial score (nSPS) is 16.1. The van der Waals surface area contributed by atoms with Crippen molar-refractivity contribution >= 4 is 10.0 Å². The fourth-order valence-corrected chi connectivity index (χ4v) is 2.72. The summed E-state index contributed by atoms with van der Waals surface area (Å²) in [5.41, 5.74) is 0. The lowest BCUT2D eigenvalue weighted by Crippen LogP contribution is -2.30. The van der Waals surface area contributed by atoms with Gasteiger partial charge < -0.3 is 10.1 Å². The second-order valence-corrected chi connectivity index (χ2v) is 6.72. The van der Waals surface area contributed by atoms with E-state index in [4.69, 9.17) is 4.74 Å². The van der Waals surface area contributed by atoms with E-state index in [-0.39, 0.29) is 5.75 Å². The van der Waals surface area contributed by atoms with Gasteiger partial charge in [-0.15, -0.1) is 0 Å². The predicted octanol–water partition coefficient (Wildman–Crippen LogP) is 0.722. The van der Waals surface area contributed by atoms with Crippen molar-refractivity contribution in [1.29, 1.82) is 0 Å². The first-order chi connectivity index (χ1) is 8.64. The molecular weight excluding hydrogens is 252 g/mol. The van der Waals surface area contributed by atoms with Gasteiger partial charge in [0.05, 0.1) is 12.4 Å². The van der Waals surface area contributed by atoms with E-state index in [1.165, 1.54) is 12.8 Å². The predicted molar refractivity (Wildman–Crippen MR) is 73.1 cm³/mol. The summed E-state index contributed by atoms with van der Waals surface area (Å²) in [4.78, 5) is 0. The van der Waals surface area contributed by atoms with Gasteiger partial charge in [0.25, 0.3) is 0 Å². The van der Waals surface area contributed by atoms with Crippen molar-refractivity contribution in [2.75, 3.05) is 38.6 Å². The number of unbranched alkanes of at least 4 members (excludes halogenated alkanes) is 1. The van der Waals surface area contributed by atoms with E-state index in [9.17, 15) is 8.42 Å². The molecule has 0 aliphatic heterocycles. The van der Waals surface area contributed by atoms with Crippen LogP contribution in [0.2, 0.25) is 0 Å². The van der Waals surface area contributed by atoms with Gasteiger partial charge in [0.2, 0.25) is 10.0 Å². The Morgan fingerprint density at radius 1 is 1.22 bits per heavy atom. The van der Waals surface area contributed by atoms with E-state index in [2.05, 4.69) is 10.0 Å². The average Bonchev–Trinajstić information content (AvgIpc) is 3.12. The van der Waals surface area contributed by atoms with E-state index >= 15 is 0 Å². The second-order valence-electron chi connectivity index (χ2n) is 4.79. The molecule has 0 amide bonds. The standard InChI is InChI=1S/C12H26N2O3S/c1-2-13-7-3-4-10-18(15,16)14-8-9-17-11-12-5-6-12/h12-14H,2-11H2,1H3. The highest BCUT2D eigenvalue weighted by molar-refractivity contribution is 7.89. The molecule has 5 nitrogen and oxygen atoms in total. The molecule has 0 saturated heterocycles. The highest BCUT2D eigenvalue weighted by Crippen LogP contribution is 2.28. The van der Waals surface area contributed by atoms with Crippen molar-refractivity contribution in [2.45, 2.75) is 32.6 Å². The molecule has 0 bridgehead atoms. The van der Waals surface area contributed by atoms with Gasteiger partial charge in [0, 0.05) is 13.2 Å². The van der Waals surface area contributed by atoms with Crippen LogP contribution in [-0.2, 0) is 14.8 Å². The minimum atomic E-state index is -3.11. The summed E-state index contributed by atoms with van der Waals surface area (Å²) in [7, 11) is -3.11. The molecular formula is C12H26N2O3S. The molecule has 1 aliphatic rings. The van der Waals surface area contributed by atoms with E-state index in [1.807, 2.05) is 6.92 Å². The highest BCUT2D eigenvalue weighted by atomic mass is 32.2. The van der Waals surface area contributed by atoms with Crippen LogP contribution in [0, 0.1) is 5.92 Å². The lowest BCUT2D eigenvalue weighted by Gasteiger charge is -2.07. The third-order valence-corrected chi connectivity index (χ3v) is 4.36. The molecule has 18 heavy (non-hydrogen) atoms. The number of rotatable bonds is 12. The third kappa shape index (κ3) is 8.85. The van der Waals surface area contributed by atoms with E-state index in [0.717, 1.165) is 32.0 Å². The zero-order valence-electron chi connectivity index (χ0n) is 11.3. The fraction of sp³-hybridized carbons (Fsp3) is 1.00. The maximum absolute atomic E-state index is 11.6. The fourth-order valence-electron chi connectivity index (χ4n) is 1.59. The summed E-state index contributed by atoms with van der Waals surface area (Å²) in [6, 6.07) is 0. The lowest BCUT2D eigenvalue weighted by atomic mass is 10.3. The van der Waals surface area contributed by atoms with E-state index < -0.39 is 10.0 Å². The number of ether oxygens (including phenoxy) is 1. The van der Waals surface area contributed by atoms with Gasteiger partial charge in [-0.25, -0.2) is 13.1 Å². The molecule has 0 unspecified atom stereocenters. The van der Waals surface area contributed by atoms with Crippen molar-refractivity contribution in [3.63, 3.8) is 0 Å². The van der Waals surface area contributed by atoms with Gasteiger partial charge in [-0.05, 0) is 44.7 Å². The maximum atomic E-state index is 11.6. The van der Waals surface area contributed by atoms with Crippen LogP contribution in [0.25, 0.3) is 0 Å². The third-order valence-electron chi connectivity index (χ3n) is 2.89. The summed E-state index contributed by atoms with van der Waals surface area (Å²) in [6.07, 6.45) is 4.12. The van der Waals surface area contributed by atoms with Crippen molar-refractivity contribution in [2.24, 2.45) is 5.92 Å². The molecule has 0 aromatic rings. The second kappa shape index (κ2) is 8.85. The van der Waals surface area contributed by atoms with E-state index in [0.29, 0.717) is 19.6 Å². The molecule has 2 N–H and O–H groups in total. The molecule has 1 saturated carbocycles. The first-order valence-corrected chi connectivity index (χ1v) is 8.55. The minimum Gasteiger partial charge on any atom is -0.380 e. The van der Waals surface area contributed by atoms with Gasteiger partial charge in [0.1, 0.15) is 0 Å². The number of sulfonamides is 1. The average molecular weight is 278 g/mol. The van der Waals surface area contributed by atoms with Crippen LogP contribution >= 0.6 is 0 Å². The quantitative estimate of drug-likeness (QED) is 0.516. The summed E-state index contributed by atoms with van der Waals surface area (Å²) in [5, 5.41) is 3.18. The molecule has 1 rings (SSSR count). The van der Waals surface area contributed by atoms with Crippen molar-refractivity contribution in [3.05, 3.63) is 0 Å². The molecule has 6 heteroatoms. The molecule has 108 valence electrons. The Balaban J connectivity index is 1.92. The van der Waals surface area contributed by atoms with Crippen LogP contribution < -0.4 is 10.0 Å². The summed E-state index contributed by atoms with van der Waals surface area (Å²) >= 11 is 0. The van der Waals surface area contributed by atoms with Crippen LogP contribution in [0.1, 0.15) is 32.6 Å². The monoisotopic (exact) mass is 278 g/mol. The Bertz CT molecular complexity index is 302. The van der Waals surface area contributed by atoms with Crippen LogP contribution in [-0.4, -0.2) is 47.0 Å². The zero-order valence-corrected chi connectivity index (χ0v) is 12.1. The first kappa shape index (κ1) is 15.9. The molecule has 1 fully saturated rings. The van der Waals surface area contributed by atoms with Crippen LogP contribution in [0.5, 0.6) is 0 Å². The number of hydrogen-bond acceptors (Lipinski definition) is 4. The van der Waals surface area contributed by atoms with Crippen molar-refractivity contribution in [3.8, 4) is 0 Å².